The molecule has 12 heavy (non-hydrogen) atoms. The van der Waals surface area contributed by atoms with Gasteiger partial charge >= 0.3 is 0 Å². The Hall–Kier alpha value is 0.0200. The van der Waals surface area contributed by atoms with Crippen LogP contribution in [-0.4, -0.2) is 10.9 Å². The van der Waals surface area contributed by atoms with Crippen molar-refractivity contribution in [1.29, 1.82) is 0 Å². The zero-order chi connectivity index (χ0) is 9.57. The van der Waals surface area contributed by atoms with E-state index in [1.165, 1.54) is 11.8 Å². The van der Waals surface area contributed by atoms with E-state index in [4.69, 9.17) is 0 Å². The molecule has 0 bridgehead atoms. The van der Waals surface area contributed by atoms with E-state index < -0.39 is 0 Å². The second-order valence-corrected chi connectivity index (χ2v) is 6.00. The Morgan fingerprint density at radius 3 is 1.92 bits per heavy atom. The van der Waals surface area contributed by atoms with Crippen LogP contribution in [0.25, 0.3) is 0 Å². The van der Waals surface area contributed by atoms with Crippen molar-refractivity contribution in [2.24, 2.45) is 16.7 Å². The third-order valence-electron chi connectivity index (χ3n) is 3.77. The first-order valence-corrected chi connectivity index (χ1v) is 5.42. The molecule has 0 atom stereocenters. The van der Waals surface area contributed by atoms with Crippen LogP contribution in [0.3, 0.4) is 0 Å². The van der Waals surface area contributed by atoms with Gasteiger partial charge in [0.15, 0.2) is 5.12 Å². The molecule has 70 valence electrons. The summed E-state index contributed by atoms with van der Waals surface area (Å²) in [7, 11) is 0. The van der Waals surface area contributed by atoms with Crippen molar-refractivity contribution in [1.82, 2.24) is 0 Å². The molecule has 0 amide bonds. The summed E-state index contributed by atoms with van der Waals surface area (Å²) >= 11 is 1.47. The van der Waals surface area contributed by atoms with Crippen LogP contribution in [-0.2, 0) is 4.79 Å². The van der Waals surface area contributed by atoms with E-state index in [0.717, 1.165) is 5.75 Å². The maximum Gasteiger partial charge on any atom is 0.185 e. The van der Waals surface area contributed by atoms with Gasteiger partial charge in [-0.1, -0.05) is 39.5 Å². The zero-order valence-corrected chi connectivity index (χ0v) is 9.42. The van der Waals surface area contributed by atoms with Crippen LogP contribution in [0.1, 0.15) is 34.6 Å². The second-order valence-electron chi connectivity index (χ2n) is 4.80. The minimum atomic E-state index is 0.244. The van der Waals surface area contributed by atoms with E-state index in [1.54, 1.807) is 6.92 Å². The molecule has 0 aromatic carbocycles. The third-order valence-corrected chi connectivity index (χ3v) is 4.68. The molecule has 0 N–H and O–H groups in total. The van der Waals surface area contributed by atoms with Gasteiger partial charge in [0, 0.05) is 12.7 Å². The number of carbonyl (C=O) groups excluding carboxylic acids is 1. The summed E-state index contributed by atoms with van der Waals surface area (Å²) in [4.78, 5) is 10.8. The number of hydrogen-bond acceptors (Lipinski definition) is 2. The lowest BCUT2D eigenvalue weighted by Crippen LogP contribution is -1.95. The summed E-state index contributed by atoms with van der Waals surface area (Å²) in [5.41, 5.74) is 0.852. The van der Waals surface area contributed by atoms with Gasteiger partial charge in [0.2, 0.25) is 0 Å². The number of carbonyl (C=O) groups is 1. The molecule has 0 heterocycles. The Kier molecular flexibility index (Phi) is 2.32. The van der Waals surface area contributed by atoms with Crippen molar-refractivity contribution in [2.45, 2.75) is 34.6 Å². The summed E-state index contributed by atoms with van der Waals surface area (Å²) in [5, 5.41) is 0.244. The summed E-state index contributed by atoms with van der Waals surface area (Å²) in [6.45, 7) is 10.8. The lowest BCUT2D eigenvalue weighted by Gasteiger charge is -2.04. The van der Waals surface area contributed by atoms with Crippen LogP contribution < -0.4 is 0 Å². The van der Waals surface area contributed by atoms with Gasteiger partial charge < -0.3 is 0 Å². The van der Waals surface area contributed by atoms with E-state index in [9.17, 15) is 4.79 Å². The van der Waals surface area contributed by atoms with E-state index in [1.807, 2.05) is 0 Å². The van der Waals surface area contributed by atoms with Crippen LogP contribution in [0.2, 0.25) is 0 Å². The fraction of sp³-hybridized carbons (Fsp3) is 0.900. The molecule has 1 nitrogen and oxygen atoms in total. The third kappa shape index (κ3) is 1.41. The minimum absolute atomic E-state index is 0.244. The largest absolute Gasteiger partial charge is 0.288 e. The smallest absolute Gasteiger partial charge is 0.185 e. The van der Waals surface area contributed by atoms with Gasteiger partial charge in [0.25, 0.3) is 0 Å². The molecule has 2 heteroatoms. The molecule has 0 aliphatic heterocycles. The maximum absolute atomic E-state index is 10.8. The van der Waals surface area contributed by atoms with E-state index >= 15 is 0 Å². The lowest BCUT2D eigenvalue weighted by molar-refractivity contribution is -0.109. The maximum atomic E-state index is 10.8. The monoisotopic (exact) mass is 186 g/mol. The number of hydrogen-bond donors (Lipinski definition) is 0. The first kappa shape index (κ1) is 10.1. The SMILES string of the molecule is CC(=O)SCC1C(C)(C)C1(C)C. The molecule has 1 rings (SSSR count). The van der Waals surface area contributed by atoms with Crippen LogP contribution in [0.4, 0.5) is 0 Å². The zero-order valence-electron chi connectivity index (χ0n) is 8.60. The topological polar surface area (TPSA) is 17.1 Å². The highest BCUT2D eigenvalue weighted by Gasteiger charge is 2.63. The molecule has 0 unspecified atom stereocenters. The molecular formula is C10H18OS. The van der Waals surface area contributed by atoms with Crippen LogP contribution in [0.15, 0.2) is 0 Å². The van der Waals surface area contributed by atoms with Crippen molar-refractivity contribution in [2.75, 3.05) is 5.75 Å². The van der Waals surface area contributed by atoms with Gasteiger partial charge in [0.1, 0.15) is 0 Å². The Morgan fingerprint density at radius 2 is 1.67 bits per heavy atom. The molecule has 0 aromatic heterocycles. The fourth-order valence-electron chi connectivity index (χ4n) is 1.95. The molecule has 1 aliphatic rings. The molecule has 0 spiro atoms. The van der Waals surface area contributed by atoms with E-state index in [2.05, 4.69) is 27.7 Å². The summed E-state index contributed by atoms with van der Waals surface area (Å²) < 4.78 is 0. The molecule has 1 saturated carbocycles. The predicted molar refractivity (Wildman–Crippen MR) is 54.2 cm³/mol. The quantitative estimate of drug-likeness (QED) is 0.659. The average Bonchev–Trinajstić information content (AvgIpc) is 2.21. The van der Waals surface area contributed by atoms with Crippen LogP contribution >= 0.6 is 11.8 Å². The lowest BCUT2D eigenvalue weighted by atomic mass is 10.0. The number of thioether (sulfide) groups is 1. The Balaban J connectivity index is 2.44. The summed E-state index contributed by atoms with van der Waals surface area (Å²) in [6, 6.07) is 0. The molecule has 0 radical (unpaired) electrons. The molecular weight excluding hydrogens is 168 g/mol. The Bertz CT molecular complexity index is 192. The van der Waals surface area contributed by atoms with Gasteiger partial charge in [-0.2, -0.15) is 0 Å². The molecule has 0 saturated heterocycles. The van der Waals surface area contributed by atoms with E-state index in [-0.39, 0.29) is 5.12 Å². The van der Waals surface area contributed by atoms with Crippen molar-refractivity contribution in [3.05, 3.63) is 0 Å². The number of rotatable bonds is 2. The summed E-state index contributed by atoms with van der Waals surface area (Å²) in [6.07, 6.45) is 0. The first-order chi connectivity index (χ1) is 5.30. The van der Waals surface area contributed by atoms with Gasteiger partial charge in [-0.15, -0.1) is 0 Å². The highest BCUT2D eigenvalue weighted by molar-refractivity contribution is 8.13. The summed E-state index contributed by atoms with van der Waals surface area (Å²) in [5.74, 6) is 1.70. The van der Waals surface area contributed by atoms with Crippen molar-refractivity contribution >= 4 is 16.9 Å². The second kappa shape index (κ2) is 2.76. The van der Waals surface area contributed by atoms with Gasteiger partial charge in [-0.05, 0) is 16.7 Å². The van der Waals surface area contributed by atoms with Crippen LogP contribution in [0.5, 0.6) is 0 Å². The highest BCUT2D eigenvalue weighted by Crippen LogP contribution is 2.69. The minimum Gasteiger partial charge on any atom is -0.288 e. The van der Waals surface area contributed by atoms with Crippen molar-refractivity contribution < 1.29 is 4.79 Å². The standard InChI is InChI=1S/C10H18OS/c1-7(11)12-6-8-9(2,3)10(8,4)5/h8H,6H2,1-5H3. The predicted octanol–water partition coefficient (Wildman–Crippen LogP) is 2.95. The Labute approximate surface area is 79.3 Å². The molecule has 1 aliphatic carbocycles. The van der Waals surface area contributed by atoms with Crippen molar-refractivity contribution in [3.63, 3.8) is 0 Å². The van der Waals surface area contributed by atoms with Gasteiger partial charge in [-0.3, -0.25) is 4.79 Å². The average molecular weight is 186 g/mol. The fourth-order valence-corrected chi connectivity index (χ4v) is 3.19. The first-order valence-electron chi connectivity index (χ1n) is 4.43. The molecule has 1 fully saturated rings. The Morgan fingerprint density at radius 1 is 1.25 bits per heavy atom. The van der Waals surface area contributed by atoms with Crippen molar-refractivity contribution in [3.8, 4) is 0 Å². The van der Waals surface area contributed by atoms with Gasteiger partial charge in [0.05, 0.1) is 0 Å². The highest BCUT2D eigenvalue weighted by atomic mass is 32.2. The van der Waals surface area contributed by atoms with Crippen LogP contribution in [0, 0.1) is 16.7 Å². The van der Waals surface area contributed by atoms with E-state index in [0.29, 0.717) is 16.7 Å². The molecule has 0 aromatic rings. The normalized spacial score (nSPS) is 25.4. The van der Waals surface area contributed by atoms with Gasteiger partial charge in [-0.25, -0.2) is 0 Å².